The van der Waals surface area contributed by atoms with Crippen LogP contribution in [0.15, 0.2) is 17.5 Å². The first-order chi connectivity index (χ1) is 6.77. The van der Waals surface area contributed by atoms with Gasteiger partial charge in [-0.3, -0.25) is 0 Å². The lowest BCUT2D eigenvalue weighted by atomic mass is 10.1. The Balaban J connectivity index is 2.81. The molecule has 1 aromatic heterocycles. The maximum Gasteiger partial charge on any atom is 0.123 e. The first-order valence-electron chi connectivity index (χ1n) is 4.06. The minimum absolute atomic E-state index is 0.754. The number of benzene rings is 1. The van der Waals surface area contributed by atoms with Crippen LogP contribution in [0.2, 0.25) is 5.02 Å². The van der Waals surface area contributed by atoms with Gasteiger partial charge >= 0.3 is 0 Å². The maximum atomic E-state index is 6.12. The van der Waals surface area contributed by atoms with Gasteiger partial charge in [0.1, 0.15) is 5.75 Å². The average Bonchev–Trinajstić information content (AvgIpc) is 2.59. The molecule has 1 nitrogen and oxygen atoms in total. The van der Waals surface area contributed by atoms with Crippen LogP contribution in [-0.4, -0.2) is 7.11 Å². The fourth-order valence-electron chi connectivity index (χ4n) is 1.47. The summed E-state index contributed by atoms with van der Waals surface area (Å²) < 4.78 is 6.48. The molecule has 14 heavy (non-hydrogen) atoms. The first-order valence-corrected chi connectivity index (χ1v) is 6.44. The molecule has 0 fully saturated rings. The van der Waals surface area contributed by atoms with Gasteiger partial charge in [-0.2, -0.15) is 0 Å². The second-order valence-electron chi connectivity index (χ2n) is 2.84. The van der Waals surface area contributed by atoms with Crippen molar-refractivity contribution < 1.29 is 4.74 Å². The van der Waals surface area contributed by atoms with Crippen molar-refractivity contribution in [3.63, 3.8) is 0 Å². The second-order valence-corrected chi connectivity index (χ2v) is 4.72. The fourth-order valence-corrected chi connectivity index (χ4v) is 3.27. The molecule has 0 radical (unpaired) electrons. The summed E-state index contributed by atoms with van der Waals surface area (Å²) in [5, 5.41) is 4.62. The Bertz CT molecular complexity index is 466. The van der Waals surface area contributed by atoms with Crippen LogP contribution in [0.1, 0.15) is 5.56 Å². The van der Waals surface area contributed by atoms with Gasteiger partial charge in [0.2, 0.25) is 0 Å². The summed E-state index contributed by atoms with van der Waals surface area (Å²) in [4.78, 5) is 0. The van der Waals surface area contributed by atoms with Crippen LogP contribution in [0.25, 0.3) is 10.1 Å². The van der Waals surface area contributed by atoms with Crippen LogP contribution in [0.4, 0.5) is 0 Å². The van der Waals surface area contributed by atoms with E-state index in [-0.39, 0.29) is 0 Å². The van der Waals surface area contributed by atoms with E-state index in [1.54, 1.807) is 18.4 Å². The van der Waals surface area contributed by atoms with Crippen LogP contribution < -0.4 is 4.74 Å². The zero-order valence-electron chi connectivity index (χ0n) is 7.51. The fraction of sp³-hybridized carbons (Fsp3) is 0.200. The summed E-state index contributed by atoms with van der Waals surface area (Å²) in [6.07, 6.45) is 0. The summed E-state index contributed by atoms with van der Waals surface area (Å²) in [5.41, 5.74) is 1.12. The molecule has 0 saturated carbocycles. The highest BCUT2D eigenvalue weighted by Gasteiger charge is 2.11. The van der Waals surface area contributed by atoms with Gasteiger partial charge in [-0.05, 0) is 12.1 Å². The molecule has 0 aliphatic carbocycles. The largest absolute Gasteiger partial charge is 0.496 e. The molecule has 1 heterocycles. The van der Waals surface area contributed by atoms with E-state index in [0.29, 0.717) is 0 Å². The van der Waals surface area contributed by atoms with Crippen molar-refractivity contribution in [3.8, 4) is 5.75 Å². The zero-order chi connectivity index (χ0) is 10.1. The molecule has 0 aliphatic heterocycles. The van der Waals surface area contributed by atoms with Crippen molar-refractivity contribution in [1.82, 2.24) is 0 Å². The van der Waals surface area contributed by atoms with Crippen molar-refractivity contribution in [1.29, 1.82) is 0 Å². The van der Waals surface area contributed by atoms with Gasteiger partial charge in [0.05, 0.1) is 12.1 Å². The van der Waals surface area contributed by atoms with Crippen LogP contribution in [0.3, 0.4) is 0 Å². The number of methoxy groups -OCH3 is 1. The number of halogens is 2. The highest BCUT2D eigenvalue weighted by atomic mass is 79.9. The molecular weight excluding hydrogens is 284 g/mol. The minimum atomic E-state index is 0.754. The number of thiophene rings is 1. The quantitative estimate of drug-likeness (QED) is 0.742. The summed E-state index contributed by atoms with van der Waals surface area (Å²) in [5.74, 6) is 0.884. The Morgan fingerprint density at radius 2 is 2.29 bits per heavy atom. The van der Waals surface area contributed by atoms with Crippen LogP contribution in [-0.2, 0) is 5.33 Å². The van der Waals surface area contributed by atoms with Crippen LogP contribution >= 0.6 is 38.9 Å². The molecule has 2 rings (SSSR count). The van der Waals surface area contributed by atoms with E-state index in [4.69, 9.17) is 16.3 Å². The maximum absolute atomic E-state index is 6.12. The predicted molar refractivity (Wildman–Crippen MR) is 66.0 cm³/mol. The van der Waals surface area contributed by atoms with Crippen molar-refractivity contribution in [2.75, 3.05) is 7.11 Å². The number of fused-ring (bicyclic) bond motifs is 1. The van der Waals surface area contributed by atoms with E-state index in [1.807, 2.05) is 17.5 Å². The van der Waals surface area contributed by atoms with E-state index in [1.165, 1.54) is 4.70 Å². The molecule has 0 atom stereocenters. The molecule has 0 bridgehead atoms. The molecule has 1 aromatic carbocycles. The molecule has 74 valence electrons. The highest BCUT2D eigenvalue weighted by molar-refractivity contribution is 9.08. The minimum Gasteiger partial charge on any atom is -0.496 e. The molecule has 0 amide bonds. The second kappa shape index (κ2) is 4.09. The molecule has 0 N–H and O–H groups in total. The van der Waals surface area contributed by atoms with Gasteiger partial charge < -0.3 is 4.74 Å². The Kier molecular flexibility index (Phi) is 3.00. The molecule has 0 aliphatic rings. The smallest absolute Gasteiger partial charge is 0.123 e. The van der Waals surface area contributed by atoms with E-state index < -0.39 is 0 Å². The standard InChI is InChI=1S/C10H8BrClOS/c1-13-8-2-3-9-10(6(8)4-11)7(12)5-14-9/h2-3,5H,4H2,1H3. The summed E-state index contributed by atoms with van der Waals surface area (Å²) in [7, 11) is 1.67. The Hall–Kier alpha value is -0.250. The summed E-state index contributed by atoms with van der Waals surface area (Å²) in [6.45, 7) is 0. The lowest BCUT2D eigenvalue weighted by Gasteiger charge is -2.07. The van der Waals surface area contributed by atoms with Crippen molar-refractivity contribution in [2.45, 2.75) is 5.33 Å². The summed E-state index contributed by atoms with van der Waals surface area (Å²) >= 11 is 11.2. The van der Waals surface area contributed by atoms with Gasteiger partial charge in [0.25, 0.3) is 0 Å². The summed E-state index contributed by atoms with van der Waals surface area (Å²) in [6, 6.07) is 4.02. The van der Waals surface area contributed by atoms with Crippen molar-refractivity contribution in [2.24, 2.45) is 0 Å². The monoisotopic (exact) mass is 290 g/mol. The highest BCUT2D eigenvalue weighted by Crippen LogP contribution is 2.38. The first kappa shape index (κ1) is 10.3. The molecule has 2 aromatic rings. The van der Waals surface area contributed by atoms with E-state index in [2.05, 4.69) is 15.9 Å². The third-order valence-electron chi connectivity index (χ3n) is 2.11. The van der Waals surface area contributed by atoms with Gasteiger partial charge in [0.15, 0.2) is 0 Å². The predicted octanol–water partition coefficient (Wildman–Crippen LogP) is 4.46. The average molecular weight is 292 g/mol. The molecule has 0 spiro atoms. The van der Waals surface area contributed by atoms with Crippen molar-refractivity contribution >= 4 is 49.0 Å². The van der Waals surface area contributed by atoms with Gasteiger partial charge in [-0.15, -0.1) is 11.3 Å². The molecule has 4 heteroatoms. The lowest BCUT2D eigenvalue weighted by molar-refractivity contribution is 0.412. The number of hydrogen-bond donors (Lipinski definition) is 0. The topological polar surface area (TPSA) is 9.23 Å². The van der Waals surface area contributed by atoms with Crippen LogP contribution in [0.5, 0.6) is 5.75 Å². The zero-order valence-corrected chi connectivity index (χ0v) is 10.7. The van der Waals surface area contributed by atoms with E-state index in [9.17, 15) is 0 Å². The third kappa shape index (κ3) is 1.53. The van der Waals surface area contributed by atoms with Crippen molar-refractivity contribution in [3.05, 3.63) is 28.1 Å². The van der Waals surface area contributed by atoms with Gasteiger partial charge in [-0.25, -0.2) is 0 Å². The molecule has 0 saturated heterocycles. The number of ether oxygens (including phenoxy) is 1. The van der Waals surface area contributed by atoms with E-state index >= 15 is 0 Å². The molecule has 0 unspecified atom stereocenters. The Morgan fingerprint density at radius 3 is 2.93 bits per heavy atom. The third-order valence-corrected chi connectivity index (χ3v) is 4.05. The lowest BCUT2D eigenvalue weighted by Crippen LogP contribution is -1.89. The SMILES string of the molecule is COc1ccc2scc(Cl)c2c1CBr. The number of alkyl halides is 1. The molecular formula is C10H8BrClOS. The van der Waals surface area contributed by atoms with Gasteiger partial charge in [0, 0.05) is 26.4 Å². The number of rotatable bonds is 2. The number of hydrogen-bond acceptors (Lipinski definition) is 2. The van der Waals surface area contributed by atoms with Gasteiger partial charge in [-0.1, -0.05) is 27.5 Å². The Morgan fingerprint density at radius 1 is 1.50 bits per heavy atom. The van der Waals surface area contributed by atoms with E-state index in [0.717, 1.165) is 27.1 Å². The van der Waals surface area contributed by atoms with Crippen LogP contribution in [0, 0.1) is 0 Å². The Labute approximate surface area is 99.8 Å². The normalized spacial score (nSPS) is 10.8.